The minimum absolute atomic E-state index is 0.0962. The van der Waals surface area contributed by atoms with Gasteiger partial charge in [0.1, 0.15) is 5.75 Å². The van der Waals surface area contributed by atoms with Crippen LogP contribution in [0.15, 0.2) is 36.4 Å². The molecular formula is C23H29Cl2N3O2. The first-order chi connectivity index (χ1) is 14.3. The fourth-order valence-corrected chi connectivity index (χ4v) is 4.43. The fraction of sp³-hybridized carbons (Fsp3) is 0.435. The molecule has 1 aliphatic heterocycles. The molecule has 0 radical (unpaired) electrons. The van der Waals surface area contributed by atoms with E-state index in [9.17, 15) is 4.79 Å². The second-order valence-corrected chi connectivity index (χ2v) is 8.63. The average molecular weight is 450 g/mol. The van der Waals surface area contributed by atoms with E-state index in [1.165, 1.54) is 0 Å². The van der Waals surface area contributed by atoms with Gasteiger partial charge in [-0.1, -0.05) is 47.5 Å². The number of nitrogens with zero attached hydrogens (tertiary/aromatic N) is 2. The number of ether oxygens (including phenoxy) is 1. The van der Waals surface area contributed by atoms with Gasteiger partial charge in [-0.2, -0.15) is 0 Å². The van der Waals surface area contributed by atoms with E-state index in [2.05, 4.69) is 17.3 Å². The Morgan fingerprint density at radius 2 is 1.90 bits per heavy atom. The number of halogens is 2. The molecule has 0 spiro atoms. The summed E-state index contributed by atoms with van der Waals surface area (Å²) in [5, 5.41) is 3.98. The maximum atomic E-state index is 12.8. The van der Waals surface area contributed by atoms with Gasteiger partial charge in [0, 0.05) is 18.7 Å². The molecular weight excluding hydrogens is 421 g/mol. The minimum Gasteiger partial charge on any atom is -0.497 e. The van der Waals surface area contributed by atoms with Crippen LogP contribution in [0.25, 0.3) is 11.1 Å². The first kappa shape index (κ1) is 22.7. The van der Waals surface area contributed by atoms with E-state index in [1.54, 1.807) is 7.11 Å². The summed E-state index contributed by atoms with van der Waals surface area (Å²) in [5.74, 6) is 0.751. The zero-order valence-electron chi connectivity index (χ0n) is 17.9. The van der Waals surface area contributed by atoms with Crippen LogP contribution in [0.4, 0.5) is 4.79 Å². The molecule has 1 aliphatic rings. The highest BCUT2D eigenvalue weighted by Gasteiger charge is 2.25. The predicted molar refractivity (Wildman–Crippen MR) is 124 cm³/mol. The third-order valence-corrected chi connectivity index (χ3v) is 6.75. The topological polar surface area (TPSA) is 44.8 Å². The lowest BCUT2D eigenvalue weighted by atomic mass is 10.0. The van der Waals surface area contributed by atoms with E-state index in [0.29, 0.717) is 10.0 Å². The number of likely N-dealkylation sites (tertiary alicyclic amines) is 1. The highest BCUT2D eigenvalue weighted by Crippen LogP contribution is 2.39. The molecule has 2 amide bonds. The minimum atomic E-state index is -0.268. The van der Waals surface area contributed by atoms with E-state index >= 15 is 0 Å². The summed E-state index contributed by atoms with van der Waals surface area (Å²) in [6.45, 7) is 3.93. The zero-order chi connectivity index (χ0) is 21.8. The quantitative estimate of drug-likeness (QED) is 0.658. The largest absolute Gasteiger partial charge is 0.497 e. The molecule has 30 heavy (non-hydrogen) atoms. The van der Waals surface area contributed by atoms with Gasteiger partial charge in [-0.25, -0.2) is 4.79 Å². The van der Waals surface area contributed by atoms with Crippen molar-refractivity contribution in [2.24, 2.45) is 0 Å². The van der Waals surface area contributed by atoms with Crippen LogP contribution in [0.3, 0.4) is 0 Å². The lowest BCUT2D eigenvalue weighted by Gasteiger charge is -2.35. The van der Waals surface area contributed by atoms with E-state index in [1.807, 2.05) is 55.3 Å². The number of carbonyl (C=O) groups is 1. The van der Waals surface area contributed by atoms with Crippen molar-refractivity contribution in [3.8, 4) is 16.9 Å². The van der Waals surface area contributed by atoms with Crippen molar-refractivity contribution >= 4 is 29.2 Å². The molecule has 162 valence electrons. The number of hydrogen-bond donors (Lipinski definition) is 1. The lowest BCUT2D eigenvalue weighted by molar-refractivity contribution is 0.146. The first-order valence-electron chi connectivity index (χ1n) is 10.2. The Balaban J connectivity index is 1.73. The maximum absolute atomic E-state index is 12.8. The van der Waals surface area contributed by atoms with Crippen LogP contribution in [0.5, 0.6) is 5.75 Å². The number of amides is 2. The van der Waals surface area contributed by atoms with E-state index in [-0.39, 0.29) is 18.1 Å². The normalized spacial score (nSPS) is 16.2. The number of methoxy groups -OCH3 is 1. The van der Waals surface area contributed by atoms with Crippen molar-refractivity contribution < 1.29 is 9.53 Å². The van der Waals surface area contributed by atoms with Gasteiger partial charge in [-0.05, 0) is 63.2 Å². The molecule has 2 aromatic rings. The Hall–Kier alpha value is -1.95. The van der Waals surface area contributed by atoms with Crippen LogP contribution in [0, 0.1) is 0 Å². The molecule has 3 rings (SSSR count). The second-order valence-electron chi connectivity index (χ2n) is 7.88. The molecule has 0 bridgehead atoms. The molecule has 1 saturated heterocycles. The van der Waals surface area contributed by atoms with Gasteiger partial charge in [0.25, 0.3) is 0 Å². The van der Waals surface area contributed by atoms with Crippen LogP contribution in [-0.2, 0) is 0 Å². The predicted octanol–water partition coefficient (Wildman–Crippen LogP) is 5.47. The number of benzene rings is 2. The SMILES string of the molecule is COc1cccc(-c2ccc(C(C)NC(=O)N(C)C3CCN(C)CC3)c(Cl)c2Cl)c1. The Bertz CT molecular complexity index is 898. The zero-order valence-corrected chi connectivity index (χ0v) is 19.4. The Kier molecular flexibility index (Phi) is 7.50. The molecule has 7 heteroatoms. The van der Waals surface area contributed by atoms with Gasteiger partial charge in [-0.15, -0.1) is 0 Å². The fourth-order valence-electron chi connectivity index (χ4n) is 3.83. The van der Waals surface area contributed by atoms with Crippen LogP contribution in [0.2, 0.25) is 10.0 Å². The van der Waals surface area contributed by atoms with Crippen molar-refractivity contribution in [3.63, 3.8) is 0 Å². The van der Waals surface area contributed by atoms with Gasteiger partial charge in [-0.3, -0.25) is 0 Å². The molecule has 1 N–H and O–H groups in total. The van der Waals surface area contributed by atoms with Gasteiger partial charge in [0.2, 0.25) is 0 Å². The van der Waals surface area contributed by atoms with Crippen LogP contribution >= 0.6 is 23.2 Å². The Labute approximate surface area is 188 Å². The van der Waals surface area contributed by atoms with Crippen molar-refractivity contribution in [2.45, 2.75) is 31.8 Å². The highest BCUT2D eigenvalue weighted by atomic mass is 35.5. The average Bonchev–Trinajstić information content (AvgIpc) is 2.75. The number of hydrogen-bond acceptors (Lipinski definition) is 3. The van der Waals surface area contributed by atoms with Gasteiger partial charge in [0.05, 0.1) is 23.2 Å². The molecule has 2 aromatic carbocycles. The summed E-state index contributed by atoms with van der Waals surface area (Å²) in [6, 6.07) is 11.4. The van der Waals surface area contributed by atoms with E-state index in [0.717, 1.165) is 48.4 Å². The number of piperidine rings is 1. The molecule has 0 saturated carbocycles. The number of nitrogens with one attached hydrogen (secondary N) is 1. The van der Waals surface area contributed by atoms with E-state index in [4.69, 9.17) is 27.9 Å². The molecule has 1 unspecified atom stereocenters. The van der Waals surface area contributed by atoms with Crippen molar-refractivity contribution in [2.75, 3.05) is 34.3 Å². The lowest BCUT2D eigenvalue weighted by Crippen LogP contribution is -2.48. The summed E-state index contributed by atoms with van der Waals surface area (Å²) in [5.41, 5.74) is 2.54. The molecule has 5 nitrogen and oxygen atoms in total. The standard InChI is InChI=1S/C23H29Cl2N3O2/c1-15(26-23(29)28(3)17-10-12-27(2)13-11-17)19-8-9-20(22(25)21(19)24)16-6-5-7-18(14-16)30-4/h5-9,14-15,17H,10-13H2,1-4H3,(H,26,29). The van der Waals surface area contributed by atoms with Crippen LogP contribution < -0.4 is 10.1 Å². The maximum Gasteiger partial charge on any atom is 0.317 e. The smallest absolute Gasteiger partial charge is 0.317 e. The van der Waals surface area contributed by atoms with Crippen LogP contribution in [0.1, 0.15) is 31.4 Å². The molecule has 0 aromatic heterocycles. The summed E-state index contributed by atoms with van der Waals surface area (Å²) in [7, 11) is 5.60. The number of rotatable bonds is 5. The summed E-state index contributed by atoms with van der Waals surface area (Å²) in [4.78, 5) is 16.9. The summed E-state index contributed by atoms with van der Waals surface area (Å²) >= 11 is 13.2. The molecule has 1 heterocycles. The Morgan fingerprint density at radius 3 is 2.57 bits per heavy atom. The molecule has 1 atom stereocenters. The molecule has 0 aliphatic carbocycles. The highest BCUT2D eigenvalue weighted by molar-refractivity contribution is 6.44. The van der Waals surface area contributed by atoms with Gasteiger partial charge >= 0.3 is 6.03 Å². The first-order valence-corrected chi connectivity index (χ1v) is 10.9. The van der Waals surface area contributed by atoms with Crippen molar-refractivity contribution in [3.05, 3.63) is 52.0 Å². The second kappa shape index (κ2) is 9.90. The van der Waals surface area contributed by atoms with Crippen LogP contribution in [-0.4, -0.2) is 56.2 Å². The van der Waals surface area contributed by atoms with E-state index < -0.39 is 0 Å². The van der Waals surface area contributed by atoms with Gasteiger partial charge in [0.15, 0.2) is 0 Å². The summed E-state index contributed by atoms with van der Waals surface area (Å²) in [6.07, 6.45) is 1.97. The molecule has 1 fully saturated rings. The van der Waals surface area contributed by atoms with Crippen molar-refractivity contribution in [1.29, 1.82) is 0 Å². The van der Waals surface area contributed by atoms with Gasteiger partial charge < -0.3 is 19.9 Å². The van der Waals surface area contributed by atoms with Crippen molar-refractivity contribution in [1.82, 2.24) is 15.1 Å². The summed E-state index contributed by atoms with van der Waals surface area (Å²) < 4.78 is 5.30. The third kappa shape index (κ3) is 5.02. The Morgan fingerprint density at radius 1 is 1.20 bits per heavy atom. The number of urea groups is 1. The third-order valence-electron chi connectivity index (χ3n) is 5.86. The monoisotopic (exact) mass is 449 g/mol. The number of carbonyl (C=O) groups excluding carboxylic acids is 1.